The maximum absolute atomic E-state index is 12.8. The van der Waals surface area contributed by atoms with E-state index in [4.69, 9.17) is 9.84 Å². The van der Waals surface area contributed by atoms with Gasteiger partial charge in [-0.05, 0) is 38.0 Å². The highest BCUT2D eigenvalue weighted by molar-refractivity contribution is 7.89. The second-order valence-electron chi connectivity index (χ2n) is 5.13. The van der Waals surface area contributed by atoms with Crippen molar-refractivity contribution in [1.29, 1.82) is 0 Å². The summed E-state index contributed by atoms with van der Waals surface area (Å²) in [6, 6.07) is 3.77. The molecule has 0 spiro atoms. The molecule has 1 aromatic carbocycles. The first kappa shape index (κ1) is 15.8. The van der Waals surface area contributed by atoms with E-state index in [0.29, 0.717) is 6.54 Å². The largest absolute Gasteiger partial charge is 0.495 e. The van der Waals surface area contributed by atoms with Crippen molar-refractivity contribution in [1.82, 2.24) is 4.31 Å². The molecule has 116 valence electrons. The Balaban J connectivity index is 2.46. The summed E-state index contributed by atoms with van der Waals surface area (Å²) >= 11 is 0. The standard InChI is InChI=1S/C14H19NO5S/c1-10-5-3-4-8-15(10)21(18,19)13-7-6-11(14(16)17)9-12(13)20-2/h6-7,9-10H,3-5,8H2,1-2H3,(H,16,17). The number of aromatic carboxylic acids is 1. The van der Waals surface area contributed by atoms with E-state index < -0.39 is 16.0 Å². The minimum absolute atomic E-state index is 0.00232. The number of piperidine rings is 1. The molecule has 1 atom stereocenters. The number of hydrogen-bond acceptors (Lipinski definition) is 4. The van der Waals surface area contributed by atoms with Crippen LogP contribution in [0.25, 0.3) is 0 Å². The number of carboxylic acids is 1. The number of ether oxygens (including phenoxy) is 1. The third-order valence-corrected chi connectivity index (χ3v) is 5.79. The van der Waals surface area contributed by atoms with E-state index in [-0.39, 0.29) is 22.3 Å². The second-order valence-corrected chi connectivity index (χ2v) is 6.99. The summed E-state index contributed by atoms with van der Waals surface area (Å²) < 4.78 is 32.1. The summed E-state index contributed by atoms with van der Waals surface area (Å²) in [5.74, 6) is -1.06. The lowest BCUT2D eigenvalue weighted by molar-refractivity contribution is 0.0696. The number of nitrogens with zero attached hydrogens (tertiary/aromatic N) is 1. The third kappa shape index (κ3) is 3.03. The molecule has 1 aliphatic rings. The Morgan fingerprint density at radius 2 is 2.10 bits per heavy atom. The Morgan fingerprint density at radius 1 is 1.38 bits per heavy atom. The lowest BCUT2D eigenvalue weighted by atomic mass is 10.1. The molecule has 0 amide bonds. The van der Waals surface area contributed by atoms with Crippen molar-refractivity contribution in [3.8, 4) is 5.75 Å². The van der Waals surface area contributed by atoms with Gasteiger partial charge in [-0.15, -0.1) is 0 Å². The number of carbonyl (C=O) groups is 1. The minimum Gasteiger partial charge on any atom is -0.495 e. The predicted molar refractivity (Wildman–Crippen MR) is 77.2 cm³/mol. The maximum atomic E-state index is 12.8. The van der Waals surface area contributed by atoms with E-state index in [1.807, 2.05) is 6.92 Å². The zero-order valence-electron chi connectivity index (χ0n) is 12.1. The number of hydrogen-bond donors (Lipinski definition) is 1. The van der Waals surface area contributed by atoms with Gasteiger partial charge >= 0.3 is 5.97 Å². The van der Waals surface area contributed by atoms with Gasteiger partial charge in [0.1, 0.15) is 10.6 Å². The van der Waals surface area contributed by atoms with E-state index in [0.717, 1.165) is 19.3 Å². The van der Waals surface area contributed by atoms with Crippen LogP contribution in [0.2, 0.25) is 0 Å². The average molecular weight is 313 g/mol. The molecule has 1 saturated heterocycles. The Bertz CT molecular complexity index is 641. The zero-order chi connectivity index (χ0) is 15.6. The van der Waals surface area contributed by atoms with Gasteiger partial charge in [-0.25, -0.2) is 13.2 Å². The molecule has 1 aromatic rings. The van der Waals surface area contributed by atoms with E-state index in [1.165, 1.54) is 29.6 Å². The van der Waals surface area contributed by atoms with Crippen molar-refractivity contribution in [2.45, 2.75) is 37.1 Å². The molecule has 0 bridgehead atoms. The van der Waals surface area contributed by atoms with Crippen molar-refractivity contribution in [2.24, 2.45) is 0 Å². The molecule has 1 unspecified atom stereocenters. The Morgan fingerprint density at radius 3 is 2.67 bits per heavy atom. The van der Waals surface area contributed by atoms with E-state index in [2.05, 4.69) is 0 Å². The van der Waals surface area contributed by atoms with Crippen molar-refractivity contribution >= 4 is 16.0 Å². The zero-order valence-corrected chi connectivity index (χ0v) is 12.9. The average Bonchev–Trinajstić information content (AvgIpc) is 2.46. The van der Waals surface area contributed by atoms with Gasteiger partial charge < -0.3 is 9.84 Å². The fourth-order valence-electron chi connectivity index (χ4n) is 2.57. The van der Waals surface area contributed by atoms with Gasteiger partial charge in [0.2, 0.25) is 10.0 Å². The summed E-state index contributed by atoms with van der Waals surface area (Å²) in [6.45, 7) is 2.36. The molecule has 21 heavy (non-hydrogen) atoms. The fourth-order valence-corrected chi connectivity index (χ4v) is 4.41. The molecule has 2 rings (SSSR count). The van der Waals surface area contributed by atoms with Gasteiger partial charge in [0.15, 0.2) is 0 Å². The van der Waals surface area contributed by atoms with Crippen LogP contribution in [-0.2, 0) is 10.0 Å². The SMILES string of the molecule is COc1cc(C(=O)O)ccc1S(=O)(=O)N1CCCCC1C. The van der Waals surface area contributed by atoms with Crippen LogP contribution in [0.4, 0.5) is 0 Å². The molecular formula is C14H19NO5S. The highest BCUT2D eigenvalue weighted by Gasteiger charge is 2.33. The monoisotopic (exact) mass is 313 g/mol. The molecule has 1 fully saturated rings. The Labute approximate surface area is 124 Å². The molecular weight excluding hydrogens is 294 g/mol. The quantitative estimate of drug-likeness (QED) is 0.918. The van der Waals surface area contributed by atoms with Crippen LogP contribution in [0.1, 0.15) is 36.5 Å². The van der Waals surface area contributed by atoms with Gasteiger partial charge in [-0.3, -0.25) is 0 Å². The molecule has 0 aliphatic carbocycles. The van der Waals surface area contributed by atoms with E-state index >= 15 is 0 Å². The van der Waals surface area contributed by atoms with Crippen LogP contribution in [-0.4, -0.2) is 43.5 Å². The highest BCUT2D eigenvalue weighted by Crippen LogP contribution is 2.31. The molecule has 1 N–H and O–H groups in total. The molecule has 6 nitrogen and oxygen atoms in total. The van der Waals surface area contributed by atoms with Crippen molar-refractivity contribution in [3.05, 3.63) is 23.8 Å². The normalized spacial score (nSPS) is 20.2. The van der Waals surface area contributed by atoms with Crippen LogP contribution in [0.5, 0.6) is 5.75 Å². The van der Waals surface area contributed by atoms with Gasteiger partial charge in [-0.2, -0.15) is 4.31 Å². The lowest BCUT2D eigenvalue weighted by Gasteiger charge is -2.32. The molecule has 0 aromatic heterocycles. The smallest absolute Gasteiger partial charge is 0.335 e. The van der Waals surface area contributed by atoms with E-state index in [9.17, 15) is 13.2 Å². The first-order valence-electron chi connectivity index (χ1n) is 6.81. The minimum atomic E-state index is -3.68. The van der Waals surface area contributed by atoms with Crippen molar-refractivity contribution in [2.75, 3.05) is 13.7 Å². The first-order chi connectivity index (χ1) is 9.87. The van der Waals surface area contributed by atoms with Gasteiger partial charge in [-0.1, -0.05) is 6.42 Å². The molecule has 0 saturated carbocycles. The predicted octanol–water partition coefficient (Wildman–Crippen LogP) is 1.96. The number of benzene rings is 1. The third-order valence-electron chi connectivity index (χ3n) is 3.74. The Hall–Kier alpha value is -1.60. The Kier molecular flexibility index (Phi) is 4.53. The molecule has 0 radical (unpaired) electrons. The lowest BCUT2D eigenvalue weighted by Crippen LogP contribution is -2.42. The van der Waals surface area contributed by atoms with Crippen molar-refractivity contribution < 1.29 is 23.1 Å². The first-order valence-corrected chi connectivity index (χ1v) is 8.25. The summed E-state index contributed by atoms with van der Waals surface area (Å²) in [5.41, 5.74) is -0.00232. The van der Waals surface area contributed by atoms with Crippen LogP contribution in [0.15, 0.2) is 23.1 Å². The van der Waals surface area contributed by atoms with Crippen LogP contribution >= 0.6 is 0 Å². The number of rotatable bonds is 4. The second kappa shape index (κ2) is 6.03. The van der Waals surface area contributed by atoms with Crippen LogP contribution in [0.3, 0.4) is 0 Å². The van der Waals surface area contributed by atoms with Crippen LogP contribution < -0.4 is 4.74 Å². The fraction of sp³-hybridized carbons (Fsp3) is 0.500. The molecule has 7 heteroatoms. The topological polar surface area (TPSA) is 83.9 Å². The molecule has 1 heterocycles. The maximum Gasteiger partial charge on any atom is 0.335 e. The van der Waals surface area contributed by atoms with Gasteiger partial charge in [0.05, 0.1) is 12.7 Å². The molecule has 1 aliphatic heterocycles. The summed E-state index contributed by atoms with van der Waals surface area (Å²) in [6.07, 6.45) is 2.68. The summed E-state index contributed by atoms with van der Waals surface area (Å²) in [7, 11) is -2.35. The van der Waals surface area contributed by atoms with Crippen molar-refractivity contribution in [3.63, 3.8) is 0 Å². The number of methoxy groups -OCH3 is 1. The van der Waals surface area contributed by atoms with Gasteiger partial charge in [0, 0.05) is 12.6 Å². The van der Waals surface area contributed by atoms with Crippen LogP contribution in [0, 0.1) is 0 Å². The number of carboxylic acid groups (broad SMARTS) is 1. The van der Waals surface area contributed by atoms with Gasteiger partial charge in [0.25, 0.3) is 0 Å². The summed E-state index contributed by atoms with van der Waals surface area (Å²) in [5, 5.41) is 8.97. The highest BCUT2D eigenvalue weighted by atomic mass is 32.2. The van der Waals surface area contributed by atoms with E-state index in [1.54, 1.807) is 0 Å². The number of sulfonamides is 1. The summed E-state index contributed by atoms with van der Waals surface area (Å²) in [4.78, 5) is 11.0.